The Morgan fingerprint density at radius 3 is 2.92 bits per heavy atom. The van der Waals surface area contributed by atoms with Crippen molar-refractivity contribution >= 4 is 56.6 Å². The van der Waals surface area contributed by atoms with Crippen LogP contribution in [0.4, 0.5) is 0 Å². The molecule has 4 heteroatoms. The fourth-order valence-corrected chi connectivity index (χ4v) is 3.67. The van der Waals surface area contributed by atoms with Crippen LogP contribution in [0, 0.1) is 2.88 Å². The monoisotopic (exact) mass is 322 g/mol. The summed E-state index contributed by atoms with van der Waals surface area (Å²) in [5.41, 5.74) is 0. The number of halogens is 1. The van der Waals surface area contributed by atoms with Crippen LogP contribution in [-0.4, -0.2) is 7.11 Å². The zero-order valence-corrected chi connectivity index (χ0v) is 10.7. The van der Waals surface area contributed by atoms with E-state index in [2.05, 4.69) is 47.4 Å². The predicted molar refractivity (Wildman–Crippen MR) is 68.3 cm³/mol. The number of ether oxygens (including phenoxy) is 1. The maximum Gasteiger partial charge on any atom is 0.150 e. The lowest BCUT2D eigenvalue weighted by Crippen LogP contribution is -1.81. The summed E-state index contributed by atoms with van der Waals surface area (Å²) in [6.07, 6.45) is 0. The Hall–Kier alpha value is 0.0600. The predicted octanol–water partition coefficient (Wildman–Crippen LogP) is 3.80. The number of benzene rings is 1. The fourth-order valence-electron chi connectivity index (χ4n) is 1.22. The van der Waals surface area contributed by atoms with Gasteiger partial charge in [0.2, 0.25) is 0 Å². The number of rotatable bonds is 1. The first kappa shape index (κ1) is 9.61. The third-order valence-corrected chi connectivity index (χ3v) is 4.14. The van der Waals surface area contributed by atoms with Gasteiger partial charge >= 0.3 is 0 Å². The third-order valence-electron chi connectivity index (χ3n) is 1.79. The number of hydrogen-bond acceptors (Lipinski definition) is 3. The molecule has 0 saturated heterocycles. The van der Waals surface area contributed by atoms with Crippen molar-refractivity contribution in [3.63, 3.8) is 0 Å². The highest BCUT2D eigenvalue weighted by Gasteiger charge is 2.09. The van der Waals surface area contributed by atoms with E-state index >= 15 is 0 Å². The number of fused-ring (bicyclic) bond motifs is 1. The molecule has 0 aliphatic heterocycles. The molecule has 2 rings (SSSR count). The van der Waals surface area contributed by atoms with E-state index in [9.17, 15) is 0 Å². The number of hydrogen-bond donors (Lipinski definition) is 1. The van der Waals surface area contributed by atoms with Crippen LogP contribution in [0.15, 0.2) is 23.1 Å². The summed E-state index contributed by atoms with van der Waals surface area (Å²) in [5.74, 6) is 0.980. The number of methoxy groups -OCH3 is 1. The molecular weight excluding hydrogens is 315 g/mol. The molecular formula is C9H7IOS2. The van der Waals surface area contributed by atoms with E-state index < -0.39 is 0 Å². The van der Waals surface area contributed by atoms with Gasteiger partial charge in [0.25, 0.3) is 0 Å². The van der Waals surface area contributed by atoms with E-state index in [4.69, 9.17) is 4.74 Å². The van der Waals surface area contributed by atoms with E-state index in [0.29, 0.717) is 0 Å². The van der Waals surface area contributed by atoms with Gasteiger partial charge in [0.05, 0.1) is 7.11 Å². The van der Waals surface area contributed by atoms with Gasteiger partial charge in [-0.25, -0.2) is 0 Å². The first-order valence-corrected chi connectivity index (χ1v) is 6.01. The minimum absolute atomic E-state index is 0.980. The van der Waals surface area contributed by atoms with Crippen LogP contribution in [0.3, 0.4) is 0 Å². The topological polar surface area (TPSA) is 9.23 Å². The molecule has 0 radical (unpaired) electrons. The number of thiol groups is 1. The normalized spacial score (nSPS) is 10.7. The Balaban J connectivity index is 2.79. The molecule has 0 atom stereocenters. The van der Waals surface area contributed by atoms with Crippen LogP contribution in [0.1, 0.15) is 0 Å². The van der Waals surface area contributed by atoms with Crippen LogP contribution in [0.2, 0.25) is 0 Å². The molecule has 1 aromatic carbocycles. The fraction of sp³-hybridized carbons (Fsp3) is 0.111. The van der Waals surface area contributed by atoms with Crippen molar-refractivity contribution in [2.45, 2.75) is 4.90 Å². The molecule has 13 heavy (non-hydrogen) atoms. The summed E-state index contributed by atoms with van der Waals surface area (Å²) in [5, 5.41) is 1.18. The SMILES string of the molecule is COc1c(I)sc2cc(S)ccc12. The zero-order chi connectivity index (χ0) is 9.42. The van der Waals surface area contributed by atoms with E-state index in [-0.39, 0.29) is 0 Å². The molecule has 2 aromatic rings. The Bertz CT molecular complexity index is 450. The summed E-state index contributed by atoms with van der Waals surface area (Å²) in [6.45, 7) is 0. The van der Waals surface area contributed by atoms with Crippen LogP contribution >= 0.6 is 46.6 Å². The summed E-state index contributed by atoms with van der Waals surface area (Å²) in [7, 11) is 1.71. The number of thiophene rings is 1. The zero-order valence-electron chi connectivity index (χ0n) is 6.87. The Morgan fingerprint density at radius 1 is 1.46 bits per heavy atom. The van der Waals surface area contributed by atoms with Crippen molar-refractivity contribution in [3.8, 4) is 5.75 Å². The Kier molecular flexibility index (Phi) is 2.71. The highest BCUT2D eigenvalue weighted by atomic mass is 127. The third kappa shape index (κ3) is 1.67. The summed E-state index contributed by atoms with van der Waals surface area (Å²) in [6, 6.07) is 6.10. The molecule has 0 amide bonds. The van der Waals surface area contributed by atoms with Gasteiger partial charge in [-0.2, -0.15) is 0 Å². The quantitative estimate of drug-likeness (QED) is 0.621. The van der Waals surface area contributed by atoms with Crippen molar-refractivity contribution in [3.05, 3.63) is 21.1 Å². The average molecular weight is 322 g/mol. The van der Waals surface area contributed by atoms with Gasteiger partial charge < -0.3 is 4.74 Å². The van der Waals surface area contributed by atoms with Crippen LogP contribution < -0.4 is 4.74 Å². The second kappa shape index (κ2) is 3.67. The molecule has 0 fully saturated rings. The van der Waals surface area contributed by atoms with Gasteiger partial charge in [0.1, 0.15) is 2.88 Å². The van der Waals surface area contributed by atoms with Crippen molar-refractivity contribution < 1.29 is 4.74 Å². The molecule has 68 valence electrons. The maximum atomic E-state index is 5.32. The molecule has 1 aromatic heterocycles. The second-order valence-electron chi connectivity index (χ2n) is 2.59. The van der Waals surface area contributed by atoms with Gasteiger partial charge in [0, 0.05) is 15.0 Å². The minimum Gasteiger partial charge on any atom is -0.494 e. The Morgan fingerprint density at radius 2 is 2.23 bits per heavy atom. The first-order chi connectivity index (χ1) is 6.22. The van der Waals surface area contributed by atoms with E-state index in [1.807, 2.05) is 6.07 Å². The van der Waals surface area contributed by atoms with Gasteiger partial charge in [-0.05, 0) is 40.8 Å². The van der Waals surface area contributed by atoms with E-state index in [1.165, 1.54) is 13.0 Å². The molecule has 1 heterocycles. The van der Waals surface area contributed by atoms with Gasteiger partial charge in [-0.15, -0.1) is 24.0 Å². The van der Waals surface area contributed by atoms with Crippen molar-refractivity contribution in [1.82, 2.24) is 0 Å². The van der Waals surface area contributed by atoms with E-state index in [0.717, 1.165) is 10.6 Å². The maximum absolute atomic E-state index is 5.32. The highest BCUT2D eigenvalue weighted by Crippen LogP contribution is 2.39. The molecule has 0 saturated carbocycles. The van der Waals surface area contributed by atoms with Crippen molar-refractivity contribution in [1.29, 1.82) is 0 Å². The van der Waals surface area contributed by atoms with Crippen LogP contribution in [-0.2, 0) is 0 Å². The molecule has 0 aliphatic rings. The van der Waals surface area contributed by atoms with Crippen LogP contribution in [0.25, 0.3) is 10.1 Å². The van der Waals surface area contributed by atoms with Gasteiger partial charge in [-0.3, -0.25) is 0 Å². The Labute approximate surface area is 99.6 Å². The second-order valence-corrected chi connectivity index (χ2v) is 5.97. The first-order valence-electron chi connectivity index (χ1n) is 3.67. The molecule has 0 spiro atoms. The smallest absolute Gasteiger partial charge is 0.150 e. The molecule has 0 N–H and O–H groups in total. The molecule has 0 unspecified atom stereocenters. The van der Waals surface area contributed by atoms with Gasteiger partial charge in [-0.1, -0.05) is 0 Å². The lowest BCUT2D eigenvalue weighted by molar-refractivity contribution is 0.419. The lowest BCUT2D eigenvalue weighted by atomic mass is 10.2. The molecule has 0 aliphatic carbocycles. The van der Waals surface area contributed by atoms with Gasteiger partial charge in [0.15, 0.2) is 5.75 Å². The van der Waals surface area contributed by atoms with Crippen LogP contribution in [0.5, 0.6) is 5.75 Å². The van der Waals surface area contributed by atoms with E-state index in [1.54, 1.807) is 18.4 Å². The molecule has 0 bridgehead atoms. The molecule has 1 nitrogen and oxygen atoms in total. The summed E-state index contributed by atoms with van der Waals surface area (Å²) >= 11 is 8.32. The minimum atomic E-state index is 0.980. The summed E-state index contributed by atoms with van der Waals surface area (Å²) < 4.78 is 7.74. The highest BCUT2D eigenvalue weighted by molar-refractivity contribution is 14.1. The van der Waals surface area contributed by atoms with Crippen molar-refractivity contribution in [2.24, 2.45) is 0 Å². The largest absolute Gasteiger partial charge is 0.494 e. The summed E-state index contributed by atoms with van der Waals surface area (Å²) in [4.78, 5) is 0.993. The lowest BCUT2D eigenvalue weighted by Gasteiger charge is -1.97. The standard InChI is InChI=1S/C9H7IOS2/c1-11-8-6-3-2-5(12)4-7(6)13-9(8)10/h2-4,12H,1H3. The average Bonchev–Trinajstić information content (AvgIpc) is 2.39. The van der Waals surface area contributed by atoms with Crippen molar-refractivity contribution in [2.75, 3.05) is 7.11 Å².